The van der Waals surface area contributed by atoms with E-state index in [0.717, 1.165) is 18.0 Å². The molecule has 0 amide bonds. The van der Waals surface area contributed by atoms with Gasteiger partial charge in [0.05, 0.1) is 11.6 Å². The Hall–Kier alpha value is -1.49. The molecule has 0 aliphatic carbocycles. The van der Waals surface area contributed by atoms with Gasteiger partial charge in [-0.2, -0.15) is 0 Å². The third kappa shape index (κ3) is 3.38. The predicted octanol–water partition coefficient (Wildman–Crippen LogP) is 5.02. The summed E-state index contributed by atoms with van der Waals surface area (Å²) in [5.74, 6) is 1.39. The average molecular weight is 367 g/mol. The van der Waals surface area contributed by atoms with Crippen LogP contribution < -0.4 is 0 Å². The summed E-state index contributed by atoms with van der Waals surface area (Å²) in [4.78, 5) is 7.23. The molecule has 1 unspecified atom stereocenters. The fraction of sp³-hybridized carbons (Fsp3) is 0.500. The standard InChI is InChI=1S/C22H30N2OSi/c1-5-16-15-24-13-11-17(16)14-21(24)22(25-26(2,3)4)19-10-12-23-20-9-7-6-8-18(19)20/h5-10,12,16-17,21-22H,1,11,13-15H2,2-4H3/t16-,17-,21-,22+/m0/s1. The lowest BCUT2D eigenvalue weighted by Gasteiger charge is -2.52. The van der Waals surface area contributed by atoms with Crippen LogP contribution >= 0.6 is 0 Å². The van der Waals surface area contributed by atoms with Crippen LogP contribution in [0.4, 0.5) is 0 Å². The Morgan fingerprint density at radius 1 is 1.27 bits per heavy atom. The second-order valence-corrected chi connectivity index (χ2v) is 13.3. The second kappa shape index (κ2) is 6.91. The van der Waals surface area contributed by atoms with Gasteiger partial charge in [0.2, 0.25) is 0 Å². The molecule has 3 aliphatic rings. The molecule has 2 bridgehead atoms. The number of hydrogen-bond acceptors (Lipinski definition) is 3. The highest BCUT2D eigenvalue weighted by atomic mass is 28.4. The van der Waals surface area contributed by atoms with Gasteiger partial charge in [-0.3, -0.25) is 9.88 Å². The van der Waals surface area contributed by atoms with Gasteiger partial charge < -0.3 is 4.43 Å². The van der Waals surface area contributed by atoms with E-state index in [1.807, 2.05) is 6.20 Å². The summed E-state index contributed by atoms with van der Waals surface area (Å²) in [7, 11) is -1.69. The maximum atomic E-state index is 6.84. The van der Waals surface area contributed by atoms with E-state index in [-0.39, 0.29) is 6.10 Å². The molecule has 4 heterocycles. The summed E-state index contributed by atoms with van der Waals surface area (Å²) in [5.41, 5.74) is 2.37. The highest BCUT2D eigenvalue weighted by Gasteiger charge is 2.44. The fourth-order valence-corrected chi connectivity index (χ4v) is 5.83. The molecule has 0 radical (unpaired) electrons. The molecule has 5 rings (SSSR count). The summed E-state index contributed by atoms with van der Waals surface area (Å²) in [6, 6.07) is 11.1. The smallest absolute Gasteiger partial charge is 0.184 e. The first-order valence-electron chi connectivity index (χ1n) is 9.84. The number of hydrogen-bond donors (Lipinski definition) is 0. The summed E-state index contributed by atoms with van der Waals surface area (Å²) < 4.78 is 6.84. The van der Waals surface area contributed by atoms with Crippen LogP contribution in [-0.2, 0) is 4.43 Å². The Labute approximate surface area is 158 Å². The molecule has 26 heavy (non-hydrogen) atoms. The molecular weight excluding hydrogens is 336 g/mol. The largest absolute Gasteiger partial charge is 0.409 e. The van der Waals surface area contributed by atoms with Gasteiger partial charge in [0.1, 0.15) is 0 Å². The molecule has 4 heteroatoms. The van der Waals surface area contributed by atoms with Crippen molar-refractivity contribution < 1.29 is 4.43 Å². The Bertz CT molecular complexity index is 795. The number of pyridine rings is 1. The molecule has 3 nitrogen and oxygen atoms in total. The maximum Gasteiger partial charge on any atom is 0.184 e. The van der Waals surface area contributed by atoms with Crippen LogP contribution in [0, 0.1) is 11.8 Å². The summed E-state index contributed by atoms with van der Waals surface area (Å²) in [6.45, 7) is 13.3. The van der Waals surface area contributed by atoms with Crippen molar-refractivity contribution in [3.05, 3.63) is 54.7 Å². The van der Waals surface area contributed by atoms with Gasteiger partial charge in [0.15, 0.2) is 8.32 Å². The molecule has 3 aliphatic heterocycles. The lowest BCUT2D eigenvalue weighted by Crippen LogP contribution is -2.56. The van der Waals surface area contributed by atoms with Crippen LogP contribution in [0.15, 0.2) is 49.2 Å². The number of rotatable bonds is 5. The molecule has 138 valence electrons. The van der Waals surface area contributed by atoms with E-state index in [9.17, 15) is 0 Å². The number of fused-ring (bicyclic) bond motifs is 4. The Kier molecular flexibility index (Phi) is 4.76. The SMILES string of the molecule is C=C[C@H]1CN2CC[C@H]1C[C@H]2[C@H](O[Si](C)(C)C)c1ccnc2ccccc12. The van der Waals surface area contributed by atoms with Crippen molar-refractivity contribution in [3.63, 3.8) is 0 Å². The molecule has 3 saturated heterocycles. The van der Waals surface area contributed by atoms with Gasteiger partial charge in [-0.15, -0.1) is 6.58 Å². The van der Waals surface area contributed by atoms with E-state index in [1.165, 1.54) is 30.3 Å². The molecule has 3 fully saturated rings. The molecule has 0 spiro atoms. The van der Waals surface area contributed by atoms with Crippen molar-refractivity contribution in [2.24, 2.45) is 11.8 Å². The Morgan fingerprint density at radius 2 is 2.08 bits per heavy atom. The van der Waals surface area contributed by atoms with Gasteiger partial charge in [-0.25, -0.2) is 0 Å². The lowest BCUT2D eigenvalue weighted by atomic mass is 9.73. The maximum absolute atomic E-state index is 6.84. The van der Waals surface area contributed by atoms with Crippen molar-refractivity contribution in [1.82, 2.24) is 9.88 Å². The van der Waals surface area contributed by atoms with Crippen LogP contribution in [0.25, 0.3) is 10.9 Å². The lowest BCUT2D eigenvalue weighted by molar-refractivity contribution is -0.0381. The Balaban J connectivity index is 1.75. The minimum Gasteiger partial charge on any atom is -0.409 e. The minimum atomic E-state index is -1.69. The molecular formula is C22H30N2OSi. The number of nitrogens with zero attached hydrogens (tertiary/aromatic N) is 2. The highest BCUT2D eigenvalue weighted by molar-refractivity contribution is 6.69. The van der Waals surface area contributed by atoms with Crippen LogP contribution in [0.1, 0.15) is 24.5 Å². The number of para-hydroxylation sites is 1. The minimum absolute atomic E-state index is 0.128. The van der Waals surface area contributed by atoms with Gasteiger partial charge in [0.25, 0.3) is 0 Å². The first kappa shape index (κ1) is 17.9. The van der Waals surface area contributed by atoms with E-state index in [2.05, 4.69) is 72.5 Å². The zero-order valence-corrected chi connectivity index (χ0v) is 17.2. The van der Waals surface area contributed by atoms with Crippen LogP contribution in [-0.4, -0.2) is 37.3 Å². The Morgan fingerprint density at radius 3 is 2.77 bits per heavy atom. The number of aromatic nitrogens is 1. The van der Waals surface area contributed by atoms with E-state index < -0.39 is 8.32 Å². The van der Waals surface area contributed by atoms with E-state index in [0.29, 0.717) is 12.0 Å². The molecule has 0 N–H and O–H groups in total. The molecule has 1 aromatic heterocycles. The summed E-state index contributed by atoms with van der Waals surface area (Å²) >= 11 is 0. The molecule has 2 aromatic rings. The van der Waals surface area contributed by atoms with Gasteiger partial charge in [-0.05, 0) is 68.6 Å². The van der Waals surface area contributed by atoms with Crippen molar-refractivity contribution in [2.45, 2.75) is 44.6 Å². The average Bonchev–Trinajstić information content (AvgIpc) is 2.65. The first-order valence-corrected chi connectivity index (χ1v) is 13.2. The van der Waals surface area contributed by atoms with Gasteiger partial charge in [-0.1, -0.05) is 24.3 Å². The normalized spacial score (nSPS) is 29.7. The highest BCUT2D eigenvalue weighted by Crippen LogP contribution is 2.44. The van der Waals surface area contributed by atoms with E-state index in [4.69, 9.17) is 4.43 Å². The zero-order valence-electron chi connectivity index (χ0n) is 16.2. The van der Waals surface area contributed by atoms with E-state index in [1.54, 1.807) is 0 Å². The second-order valence-electron chi connectivity index (χ2n) is 8.81. The quantitative estimate of drug-likeness (QED) is 0.548. The monoisotopic (exact) mass is 366 g/mol. The summed E-state index contributed by atoms with van der Waals surface area (Å²) in [5, 5.41) is 1.24. The topological polar surface area (TPSA) is 25.4 Å². The first-order chi connectivity index (χ1) is 12.5. The van der Waals surface area contributed by atoms with Gasteiger partial charge >= 0.3 is 0 Å². The van der Waals surface area contributed by atoms with Crippen molar-refractivity contribution >= 4 is 19.2 Å². The van der Waals surface area contributed by atoms with Gasteiger partial charge in [0, 0.05) is 24.2 Å². The van der Waals surface area contributed by atoms with E-state index >= 15 is 0 Å². The molecule has 0 saturated carbocycles. The number of benzene rings is 1. The van der Waals surface area contributed by atoms with Crippen LogP contribution in [0.2, 0.25) is 19.6 Å². The third-order valence-electron chi connectivity index (χ3n) is 5.97. The molecule has 1 aromatic carbocycles. The fourth-order valence-electron chi connectivity index (χ4n) is 4.79. The predicted molar refractivity (Wildman–Crippen MR) is 111 cm³/mol. The summed E-state index contributed by atoms with van der Waals surface area (Å²) in [6.07, 6.45) is 6.75. The molecule has 5 atom stereocenters. The van der Waals surface area contributed by atoms with Crippen LogP contribution in [0.3, 0.4) is 0 Å². The van der Waals surface area contributed by atoms with Crippen molar-refractivity contribution in [1.29, 1.82) is 0 Å². The zero-order chi connectivity index (χ0) is 18.3. The number of piperidine rings is 3. The third-order valence-corrected chi connectivity index (χ3v) is 6.93. The van der Waals surface area contributed by atoms with Crippen molar-refractivity contribution in [3.8, 4) is 0 Å². The van der Waals surface area contributed by atoms with Crippen molar-refractivity contribution in [2.75, 3.05) is 13.1 Å². The van der Waals surface area contributed by atoms with Crippen LogP contribution in [0.5, 0.6) is 0 Å².